The highest BCUT2D eigenvalue weighted by molar-refractivity contribution is 6.31. The fourth-order valence-electron chi connectivity index (χ4n) is 1.37. The number of benzene rings is 1. The van der Waals surface area contributed by atoms with Crippen LogP contribution in [0.3, 0.4) is 0 Å². The van der Waals surface area contributed by atoms with Gasteiger partial charge in [-0.2, -0.15) is 0 Å². The quantitative estimate of drug-likeness (QED) is 0.864. The molecule has 0 radical (unpaired) electrons. The van der Waals surface area contributed by atoms with E-state index in [-0.39, 0.29) is 0 Å². The summed E-state index contributed by atoms with van der Waals surface area (Å²) >= 11 is 11.8. The van der Waals surface area contributed by atoms with Crippen LogP contribution in [-0.2, 0) is 0 Å². The molecule has 0 spiro atoms. The van der Waals surface area contributed by atoms with E-state index < -0.39 is 0 Å². The van der Waals surface area contributed by atoms with Gasteiger partial charge in [-0.25, -0.2) is 4.98 Å². The molecule has 0 saturated carbocycles. The molecule has 5 heteroatoms. The first-order valence-electron chi connectivity index (χ1n) is 5.00. The highest BCUT2D eigenvalue weighted by Crippen LogP contribution is 2.26. The summed E-state index contributed by atoms with van der Waals surface area (Å²) in [6.07, 6.45) is 1.54. The van der Waals surface area contributed by atoms with Crippen molar-refractivity contribution in [2.75, 3.05) is 11.1 Å². The van der Waals surface area contributed by atoms with Crippen molar-refractivity contribution >= 4 is 40.4 Å². The van der Waals surface area contributed by atoms with E-state index in [0.29, 0.717) is 21.6 Å². The molecule has 0 bridgehead atoms. The maximum absolute atomic E-state index is 6.03. The third-order valence-corrected chi connectivity index (χ3v) is 2.93. The van der Waals surface area contributed by atoms with Crippen LogP contribution in [-0.4, -0.2) is 4.98 Å². The molecule has 0 aliphatic carbocycles. The molecular formula is C12H11Cl2N3. The molecule has 0 amide bonds. The Balaban J connectivity index is 2.28. The number of nitrogens with two attached hydrogens (primary N) is 1. The third kappa shape index (κ3) is 2.81. The number of anilines is 3. The van der Waals surface area contributed by atoms with Crippen LogP contribution in [0.1, 0.15) is 5.56 Å². The Labute approximate surface area is 110 Å². The summed E-state index contributed by atoms with van der Waals surface area (Å²) in [6, 6.07) is 7.31. The largest absolute Gasteiger partial charge is 0.396 e. The lowest BCUT2D eigenvalue weighted by Crippen LogP contribution is -1.99. The number of rotatable bonds is 2. The van der Waals surface area contributed by atoms with E-state index in [0.717, 1.165) is 11.3 Å². The van der Waals surface area contributed by atoms with E-state index in [9.17, 15) is 0 Å². The van der Waals surface area contributed by atoms with E-state index in [2.05, 4.69) is 10.3 Å². The van der Waals surface area contributed by atoms with E-state index in [1.54, 1.807) is 6.07 Å². The fourth-order valence-corrected chi connectivity index (χ4v) is 1.71. The zero-order valence-corrected chi connectivity index (χ0v) is 10.7. The lowest BCUT2D eigenvalue weighted by molar-refractivity contribution is 1.31. The molecular weight excluding hydrogens is 257 g/mol. The van der Waals surface area contributed by atoms with Gasteiger partial charge in [0.1, 0.15) is 0 Å². The van der Waals surface area contributed by atoms with Crippen molar-refractivity contribution < 1.29 is 0 Å². The number of hydrogen-bond acceptors (Lipinski definition) is 3. The van der Waals surface area contributed by atoms with Gasteiger partial charge < -0.3 is 11.1 Å². The standard InChI is InChI=1S/C12H11Cl2N3/c1-7-2-3-9(5-10(7)14)17-12-11(15)4-8(13)6-16-12/h2-6H,15H2,1H3,(H,16,17). The molecule has 0 aliphatic heterocycles. The SMILES string of the molecule is Cc1ccc(Nc2ncc(Cl)cc2N)cc1Cl. The van der Waals surface area contributed by atoms with Gasteiger partial charge in [-0.05, 0) is 30.7 Å². The van der Waals surface area contributed by atoms with Crippen molar-refractivity contribution in [1.82, 2.24) is 4.98 Å². The van der Waals surface area contributed by atoms with Crippen molar-refractivity contribution in [3.63, 3.8) is 0 Å². The molecule has 3 N–H and O–H groups in total. The van der Waals surface area contributed by atoms with E-state index >= 15 is 0 Å². The fraction of sp³-hybridized carbons (Fsp3) is 0.0833. The van der Waals surface area contributed by atoms with E-state index in [1.165, 1.54) is 6.20 Å². The molecule has 2 aromatic rings. The molecule has 0 saturated heterocycles. The van der Waals surface area contributed by atoms with Crippen LogP contribution in [0.25, 0.3) is 0 Å². The minimum atomic E-state index is 0.495. The van der Waals surface area contributed by atoms with Gasteiger partial charge in [0, 0.05) is 16.9 Å². The van der Waals surface area contributed by atoms with Gasteiger partial charge in [-0.3, -0.25) is 0 Å². The van der Waals surface area contributed by atoms with Crippen LogP contribution < -0.4 is 11.1 Å². The molecule has 0 fully saturated rings. The molecule has 0 aliphatic rings. The summed E-state index contributed by atoms with van der Waals surface area (Å²) < 4.78 is 0. The molecule has 1 aromatic carbocycles. The number of nitrogen functional groups attached to an aromatic ring is 1. The van der Waals surface area contributed by atoms with Crippen LogP contribution in [0.15, 0.2) is 30.5 Å². The van der Waals surface area contributed by atoms with Gasteiger partial charge in [0.2, 0.25) is 0 Å². The molecule has 17 heavy (non-hydrogen) atoms. The first-order valence-corrected chi connectivity index (χ1v) is 5.76. The summed E-state index contributed by atoms with van der Waals surface area (Å²) in [7, 11) is 0. The summed E-state index contributed by atoms with van der Waals surface area (Å²) in [5, 5.41) is 4.29. The van der Waals surface area contributed by atoms with Gasteiger partial charge in [-0.1, -0.05) is 29.3 Å². The van der Waals surface area contributed by atoms with E-state index in [4.69, 9.17) is 28.9 Å². The highest BCUT2D eigenvalue weighted by atomic mass is 35.5. The average Bonchev–Trinajstić information content (AvgIpc) is 2.27. The van der Waals surface area contributed by atoms with Crippen molar-refractivity contribution in [3.05, 3.63) is 46.1 Å². The first-order chi connectivity index (χ1) is 8.06. The second-order valence-electron chi connectivity index (χ2n) is 3.68. The molecule has 2 rings (SSSR count). The molecule has 0 unspecified atom stereocenters. The number of nitrogens with zero attached hydrogens (tertiary/aromatic N) is 1. The number of hydrogen-bond donors (Lipinski definition) is 2. The highest BCUT2D eigenvalue weighted by Gasteiger charge is 2.03. The Morgan fingerprint density at radius 1 is 1.24 bits per heavy atom. The molecule has 88 valence electrons. The predicted octanol–water partition coefficient (Wildman–Crippen LogP) is 4.02. The van der Waals surface area contributed by atoms with Gasteiger partial charge in [0.25, 0.3) is 0 Å². The Morgan fingerprint density at radius 2 is 2.00 bits per heavy atom. The lowest BCUT2D eigenvalue weighted by Gasteiger charge is -2.09. The Morgan fingerprint density at radius 3 is 2.65 bits per heavy atom. The number of pyridine rings is 1. The molecule has 0 atom stereocenters. The van der Waals surface area contributed by atoms with Crippen LogP contribution >= 0.6 is 23.2 Å². The maximum atomic E-state index is 6.03. The van der Waals surface area contributed by atoms with Gasteiger partial charge in [0.05, 0.1) is 10.7 Å². The Bertz CT molecular complexity index is 555. The predicted molar refractivity (Wildman–Crippen MR) is 73.1 cm³/mol. The minimum absolute atomic E-state index is 0.495. The maximum Gasteiger partial charge on any atom is 0.153 e. The zero-order valence-electron chi connectivity index (χ0n) is 9.17. The zero-order chi connectivity index (χ0) is 12.4. The first kappa shape index (κ1) is 12.0. The molecule has 1 aromatic heterocycles. The Hall–Kier alpha value is -1.45. The minimum Gasteiger partial charge on any atom is -0.396 e. The normalized spacial score (nSPS) is 10.3. The third-order valence-electron chi connectivity index (χ3n) is 2.32. The van der Waals surface area contributed by atoms with Crippen molar-refractivity contribution in [1.29, 1.82) is 0 Å². The molecule has 3 nitrogen and oxygen atoms in total. The summed E-state index contributed by atoms with van der Waals surface area (Å²) in [5.74, 6) is 0.564. The van der Waals surface area contributed by atoms with Gasteiger partial charge in [0.15, 0.2) is 5.82 Å². The van der Waals surface area contributed by atoms with Crippen LogP contribution in [0, 0.1) is 6.92 Å². The van der Waals surface area contributed by atoms with Crippen LogP contribution in [0.2, 0.25) is 10.0 Å². The summed E-state index contributed by atoms with van der Waals surface area (Å²) in [6.45, 7) is 1.95. The van der Waals surface area contributed by atoms with Crippen LogP contribution in [0.4, 0.5) is 17.2 Å². The summed E-state index contributed by atoms with van der Waals surface area (Å²) in [4.78, 5) is 4.11. The molecule has 1 heterocycles. The van der Waals surface area contributed by atoms with Crippen LogP contribution in [0.5, 0.6) is 0 Å². The number of aromatic nitrogens is 1. The number of aryl methyl sites for hydroxylation is 1. The lowest BCUT2D eigenvalue weighted by atomic mass is 10.2. The average molecular weight is 268 g/mol. The van der Waals surface area contributed by atoms with Crippen molar-refractivity contribution in [2.45, 2.75) is 6.92 Å². The van der Waals surface area contributed by atoms with E-state index in [1.807, 2.05) is 25.1 Å². The topological polar surface area (TPSA) is 50.9 Å². The second-order valence-corrected chi connectivity index (χ2v) is 4.52. The van der Waals surface area contributed by atoms with Gasteiger partial charge >= 0.3 is 0 Å². The Kier molecular flexibility index (Phi) is 3.41. The second kappa shape index (κ2) is 4.82. The van der Waals surface area contributed by atoms with Crippen molar-refractivity contribution in [3.8, 4) is 0 Å². The number of nitrogens with one attached hydrogen (secondary N) is 1. The smallest absolute Gasteiger partial charge is 0.153 e. The monoisotopic (exact) mass is 267 g/mol. The summed E-state index contributed by atoms with van der Waals surface area (Å²) in [5.41, 5.74) is 8.15. The van der Waals surface area contributed by atoms with Crippen molar-refractivity contribution in [2.24, 2.45) is 0 Å². The number of halogens is 2. The van der Waals surface area contributed by atoms with Gasteiger partial charge in [-0.15, -0.1) is 0 Å².